The number of halogens is 1. The van der Waals surface area contributed by atoms with Gasteiger partial charge in [-0.25, -0.2) is 4.39 Å². The summed E-state index contributed by atoms with van der Waals surface area (Å²) in [6, 6.07) is 6.11. The zero-order valence-electron chi connectivity index (χ0n) is 9.42. The maximum absolute atomic E-state index is 12.6. The minimum atomic E-state index is -0.756. The molecule has 0 amide bonds. The van der Waals surface area contributed by atoms with E-state index in [1.807, 2.05) is 13.8 Å². The van der Waals surface area contributed by atoms with Crippen molar-refractivity contribution in [2.24, 2.45) is 5.92 Å². The van der Waals surface area contributed by atoms with E-state index in [2.05, 4.69) is 5.32 Å². The lowest BCUT2D eigenvalue weighted by Crippen LogP contribution is -2.38. The van der Waals surface area contributed by atoms with Crippen LogP contribution in [0.3, 0.4) is 0 Å². The van der Waals surface area contributed by atoms with E-state index in [1.165, 1.54) is 12.1 Å². The van der Waals surface area contributed by atoms with Crippen LogP contribution < -0.4 is 5.32 Å². The van der Waals surface area contributed by atoms with Gasteiger partial charge in [-0.05, 0) is 37.1 Å². The fourth-order valence-electron chi connectivity index (χ4n) is 1.05. The third kappa shape index (κ3) is 3.51. The van der Waals surface area contributed by atoms with Gasteiger partial charge in [0.05, 0.1) is 5.60 Å². The third-order valence-corrected chi connectivity index (χ3v) is 2.74. The highest BCUT2D eigenvalue weighted by Crippen LogP contribution is 2.17. The summed E-state index contributed by atoms with van der Waals surface area (Å²) >= 11 is 0. The minimum absolute atomic E-state index is 0.172. The molecular formula is C12H18FNO. The van der Waals surface area contributed by atoms with Crippen LogP contribution in [0.4, 0.5) is 10.1 Å². The molecule has 0 aliphatic carbocycles. The van der Waals surface area contributed by atoms with Crippen molar-refractivity contribution in [3.05, 3.63) is 30.1 Å². The number of rotatable bonds is 4. The Morgan fingerprint density at radius 3 is 2.33 bits per heavy atom. The van der Waals surface area contributed by atoms with E-state index >= 15 is 0 Å². The van der Waals surface area contributed by atoms with Gasteiger partial charge in [0.15, 0.2) is 0 Å². The summed E-state index contributed by atoms with van der Waals surface area (Å²) in [7, 11) is 0. The van der Waals surface area contributed by atoms with Gasteiger partial charge in [-0.3, -0.25) is 0 Å². The number of benzene rings is 1. The number of aliphatic hydroxyl groups is 1. The molecule has 0 aliphatic heterocycles. The zero-order chi connectivity index (χ0) is 11.5. The van der Waals surface area contributed by atoms with E-state index in [9.17, 15) is 9.50 Å². The van der Waals surface area contributed by atoms with E-state index < -0.39 is 5.60 Å². The Kier molecular flexibility index (Phi) is 3.69. The van der Waals surface area contributed by atoms with Crippen LogP contribution in [0.1, 0.15) is 20.8 Å². The monoisotopic (exact) mass is 211 g/mol. The molecule has 0 heterocycles. The molecule has 1 aromatic carbocycles. The van der Waals surface area contributed by atoms with Crippen molar-refractivity contribution >= 4 is 5.69 Å². The molecule has 1 rings (SSSR count). The molecule has 1 atom stereocenters. The molecule has 0 bridgehead atoms. The first-order chi connectivity index (χ1) is 6.92. The van der Waals surface area contributed by atoms with Crippen LogP contribution in [-0.4, -0.2) is 17.3 Å². The Hall–Kier alpha value is -1.09. The van der Waals surface area contributed by atoms with Crippen LogP contribution >= 0.6 is 0 Å². The number of anilines is 1. The fraction of sp³-hybridized carbons (Fsp3) is 0.500. The molecule has 0 aromatic heterocycles. The fourth-order valence-corrected chi connectivity index (χ4v) is 1.05. The van der Waals surface area contributed by atoms with Gasteiger partial charge < -0.3 is 10.4 Å². The number of nitrogens with one attached hydrogen (secondary N) is 1. The molecular weight excluding hydrogens is 193 g/mol. The molecule has 1 aromatic rings. The SMILES string of the molecule is CC(C)C(C)(O)CNc1ccc(F)cc1. The largest absolute Gasteiger partial charge is 0.388 e. The van der Waals surface area contributed by atoms with Gasteiger partial charge in [-0.15, -0.1) is 0 Å². The zero-order valence-corrected chi connectivity index (χ0v) is 9.42. The lowest BCUT2D eigenvalue weighted by atomic mass is 9.92. The summed E-state index contributed by atoms with van der Waals surface area (Å²) in [4.78, 5) is 0. The van der Waals surface area contributed by atoms with Crippen molar-refractivity contribution in [3.63, 3.8) is 0 Å². The van der Waals surface area contributed by atoms with Crippen LogP contribution in [0.25, 0.3) is 0 Å². The van der Waals surface area contributed by atoms with Crippen LogP contribution in [-0.2, 0) is 0 Å². The third-order valence-electron chi connectivity index (χ3n) is 2.74. The molecule has 0 fully saturated rings. The van der Waals surface area contributed by atoms with Gasteiger partial charge in [0.25, 0.3) is 0 Å². The average molecular weight is 211 g/mol. The van der Waals surface area contributed by atoms with Crippen LogP contribution in [0.2, 0.25) is 0 Å². The molecule has 0 aliphatic rings. The van der Waals surface area contributed by atoms with Gasteiger partial charge in [0, 0.05) is 12.2 Å². The van der Waals surface area contributed by atoms with Crippen molar-refractivity contribution in [2.75, 3.05) is 11.9 Å². The maximum Gasteiger partial charge on any atom is 0.123 e. The summed E-state index contributed by atoms with van der Waals surface area (Å²) in [5.74, 6) is -0.0818. The van der Waals surface area contributed by atoms with Crippen molar-refractivity contribution in [1.29, 1.82) is 0 Å². The molecule has 0 saturated carbocycles. The quantitative estimate of drug-likeness (QED) is 0.802. The number of hydrogen-bond acceptors (Lipinski definition) is 2. The van der Waals surface area contributed by atoms with E-state index in [4.69, 9.17) is 0 Å². The lowest BCUT2D eigenvalue weighted by Gasteiger charge is -2.28. The first-order valence-corrected chi connectivity index (χ1v) is 5.13. The highest BCUT2D eigenvalue weighted by Gasteiger charge is 2.24. The van der Waals surface area contributed by atoms with Gasteiger partial charge in [-0.2, -0.15) is 0 Å². The van der Waals surface area contributed by atoms with Gasteiger partial charge in [0.1, 0.15) is 5.82 Å². The lowest BCUT2D eigenvalue weighted by molar-refractivity contribution is 0.0266. The summed E-state index contributed by atoms with van der Waals surface area (Å²) in [6.45, 7) is 6.17. The smallest absolute Gasteiger partial charge is 0.123 e. The molecule has 0 radical (unpaired) electrons. The highest BCUT2D eigenvalue weighted by molar-refractivity contribution is 5.43. The molecule has 2 nitrogen and oxygen atoms in total. The maximum atomic E-state index is 12.6. The highest BCUT2D eigenvalue weighted by atomic mass is 19.1. The summed E-state index contributed by atoms with van der Waals surface area (Å²) in [5, 5.41) is 13.0. The van der Waals surface area contributed by atoms with E-state index in [0.717, 1.165) is 5.69 Å². The Morgan fingerprint density at radius 2 is 1.87 bits per heavy atom. The normalized spacial score (nSPS) is 15.1. The molecule has 1 unspecified atom stereocenters. The predicted molar refractivity (Wildman–Crippen MR) is 60.4 cm³/mol. The van der Waals surface area contributed by atoms with Crippen LogP contribution in [0, 0.1) is 11.7 Å². The van der Waals surface area contributed by atoms with E-state index in [-0.39, 0.29) is 11.7 Å². The molecule has 0 spiro atoms. The van der Waals surface area contributed by atoms with Crippen molar-refractivity contribution in [1.82, 2.24) is 0 Å². The molecule has 84 valence electrons. The Balaban J connectivity index is 2.54. The summed E-state index contributed by atoms with van der Waals surface area (Å²) in [5.41, 5.74) is 0.0614. The van der Waals surface area contributed by atoms with Gasteiger partial charge >= 0.3 is 0 Å². The molecule has 15 heavy (non-hydrogen) atoms. The standard InChI is InChI=1S/C12H18FNO/c1-9(2)12(3,15)8-14-11-6-4-10(13)5-7-11/h4-7,9,14-15H,8H2,1-3H3. The Morgan fingerprint density at radius 1 is 1.33 bits per heavy atom. The second-order valence-corrected chi connectivity index (χ2v) is 4.37. The van der Waals surface area contributed by atoms with Crippen molar-refractivity contribution in [3.8, 4) is 0 Å². The average Bonchev–Trinajstić information content (AvgIpc) is 2.17. The van der Waals surface area contributed by atoms with Crippen molar-refractivity contribution in [2.45, 2.75) is 26.4 Å². The van der Waals surface area contributed by atoms with Crippen LogP contribution in [0.5, 0.6) is 0 Å². The Labute approximate surface area is 90.1 Å². The van der Waals surface area contributed by atoms with Gasteiger partial charge in [-0.1, -0.05) is 13.8 Å². The number of hydrogen-bond donors (Lipinski definition) is 2. The topological polar surface area (TPSA) is 32.3 Å². The molecule has 2 N–H and O–H groups in total. The minimum Gasteiger partial charge on any atom is -0.388 e. The Bertz CT molecular complexity index is 306. The van der Waals surface area contributed by atoms with Crippen molar-refractivity contribution < 1.29 is 9.50 Å². The second kappa shape index (κ2) is 4.62. The van der Waals surface area contributed by atoms with Gasteiger partial charge in [0.2, 0.25) is 0 Å². The van der Waals surface area contributed by atoms with Crippen LogP contribution in [0.15, 0.2) is 24.3 Å². The first-order valence-electron chi connectivity index (χ1n) is 5.13. The van der Waals surface area contributed by atoms with E-state index in [0.29, 0.717) is 6.54 Å². The second-order valence-electron chi connectivity index (χ2n) is 4.37. The van der Waals surface area contributed by atoms with E-state index in [1.54, 1.807) is 19.1 Å². The molecule has 0 saturated heterocycles. The summed E-state index contributed by atoms with van der Waals surface area (Å²) < 4.78 is 12.6. The first kappa shape index (κ1) is 12.0. The predicted octanol–water partition coefficient (Wildman–Crippen LogP) is 2.64. The molecule has 3 heteroatoms. The summed E-state index contributed by atoms with van der Waals surface area (Å²) in [6.07, 6.45) is 0.